The van der Waals surface area contributed by atoms with Gasteiger partial charge in [-0.2, -0.15) is 0 Å². The van der Waals surface area contributed by atoms with Crippen LogP contribution in [0.4, 0.5) is 0 Å². The number of hydrogen-bond donors (Lipinski definition) is 1. The van der Waals surface area contributed by atoms with Gasteiger partial charge in [-0.25, -0.2) is 0 Å². The Morgan fingerprint density at radius 2 is 1.95 bits per heavy atom. The maximum Gasteiger partial charge on any atom is 0.230 e. The van der Waals surface area contributed by atoms with Crippen LogP contribution in [-0.4, -0.2) is 38.9 Å². The molecule has 0 radical (unpaired) electrons. The van der Waals surface area contributed by atoms with Crippen molar-refractivity contribution in [2.75, 3.05) is 6.54 Å². The third-order valence-electron chi connectivity index (χ3n) is 3.74. The van der Waals surface area contributed by atoms with Crippen molar-refractivity contribution in [1.82, 2.24) is 15.1 Å². The minimum Gasteiger partial charge on any atom is -0.424 e. The van der Waals surface area contributed by atoms with Crippen LogP contribution < -0.4 is 0 Å². The smallest absolute Gasteiger partial charge is 0.230 e. The minimum atomic E-state index is -0.324. The maximum atomic E-state index is 9.67. The molecule has 1 atom stereocenters. The monoisotopic (exact) mass is 267 g/mol. The Morgan fingerprint density at radius 1 is 1.26 bits per heavy atom. The van der Waals surface area contributed by atoms with Crippen LogP contribution in [0.3, 0.4) is 0 Å². The highest BCUT2D eigenvalue weighted by molar-refractivity contribution is 4.85. The average Bonchev–Trinajstić information content (AvgIpc) is 2.86. The van der Waals surface area contributed by atoms with E-state index in [0.29, 0.717) is 30.9 Å². The summed E-state index contributed by atoms with van der Waals surface area (Å²) >= 11 is 0. The molecule has 1 heterocycles. The Kier molecular flexibility index (Phi) is 5.34. The van der Waals surface area contributed by atoms with Crippen molar-refractivity contribution in [3.05, 3.63) is 11.8 Å². The summed E-state index contributed by atoms with van der Waals surface area (Å²) in [5.74, 6) is 1.36. The lowest BCUT2D eigenvalue weighted by atomic mass is 9.94. The van der Waals surface area contributed by atoms with Crippen molar-refractivity contribution in [3.63, 3.8) is 0 Å². The van der Waals surface area contributed by atoms with Gasteiger partial charge in [-0.3, -0.25) is 4.90 Å². The second kappa shape index (κ2) is 7.01. The van der Waals surface area contributed by atoms with Crippen molar-refractivity contribution < 1.29 is 9.52 Å². The molecular formula is C14H25N3O2. The van der Waals surface area contributed by atoms with Gasteiger partial charge in [-0.1, -0.05) is 26.2 Å². The predicted molar refractivity (Wildman–Crippen MR) is 72.6 cm³/mol. The highest BCUT2D eigenvalue weighted by atomic mass is 16.4. The molecule has 1 aromatic rings. The highest BCUT2D eigenvalue weighted by Gasteiger charge is 2.24. The standard InChI is InChI=1S/C14H25N3O2/c1-3-13-15-16-14(19-13)10-17(9-11(2)18)12-7-5-4-6-8-12/h11-12,18H,3-10H2,1-2H3. The zero-order chi connectivity index (χ0) is 13.7. The Hall–Kier alpha value is -0.940. The molecule has 1 aromatic heterocycles. The molecule has 0 aromatic carbocycles. The van der Waals surface area contributed by atoms with Crippen LogP contribution in [0.25, 0.3) is 0 Å². The summed E-state index contributed by atoms with van der Waals surface area (Å²) in [7, 11) is 0. The number of aromatic nitrogens is 2. The summed E-state index contributed by atoms with van der Waals surface area (Å²) in [6.07, 6.45) is 6.77. The summed E-state index contributed by atoms with van der Waals surface area (Å²) in [6.45, 7) is 5.17. The third-order valence-corrected chi connectivity index (χ3v) is 3.74. The highest BCUT2D eigenvalue weighted by Crippen LogP contribution is 2.24. The lowest BCUT2D eigenvalue weighted by molar-refractivity contribution is 0.0702. The van der Waals surface area contributed by atoms with Gasteiger partial charge in [-0.15, -0.1) is 10.2 Å². The number of rotatable bonds is 6. The molecule has 1 aliphatic carbocycles. The van der Waals surface area contributed by atoms with E-state index in [-0.39, 0.29) is 6.10 Å². The zero-order valence-electron chi connectivity index (χ0n) is 12.0. The second-order valence-electron chi connectivity index (χ2n) is 5.51. The van der Waals surface area contributed by atoms with Gasteiger partial charge >= 0.3 is 0 Å². The lowest BCUT2D eigenvalue weighted by Gasteiger charge is -2.34. The molecule has 108 valence electrons. The van der Waals surface area contributed by atoms with Crippen LogP contribution in [0.15, 0.2) is 4.42 Å². The minimum absolute atomic E-state index is 0.324. The number of nitrogens with zero attached hydrogens (tertiary/aromatic N) is 3. The topological polar surface area (TPSA) is 62.4 Å². The molecule has 1 unspecified atom stereocenters. The summed E-state index contributed by atoms with van der Waals surface area (Å²) in [5, 5.41) is 17.8. The van der Waals surface area contributed by atoms with Crippen molar-refractivity contribution in [3.8, 4) is 0 Å². The van der Waals surface area contributed by atoms with Crippen LogP contribution >= 0.6 is 0 Å². The first-order chi connectivity index (χ1) is 9.19. The van der Waals surface area contributed by atoms with Crippen molar-refractivity contribution in [1.29, 1.82) is 0 Å². The van der Waals surface area contributed by atoms with Crippen molar-refractivity contribution >= 4 is 0 Å². The fraction of sp³-hybridized carbons (Fsp3) is 0.857. The van der Waals surface area contributed by atoms with Gasteiger partial charge in [0.2, 0.25) is 11.8 Å². The largest absolute Gasteiger partial charge is 0.424 e. The van der Waals surface area contributed by atoms with Crippen LogP contribution in [0.2, 0.25) is 0 Å². The lowest BCUT2D eigenvalue weighted by Crippen LogP contribution is -2.40. The summed E-state index contributed by atoms with van der Waals surface area (Å²) in [4.78, 5) is 2.30. The van der Waals surface area contributed by atoms with E-state index in [4.69, 9.17) is 4.42 Å². The fourth-order valence-electron chi connectivity index (χ4n) is 2.80. The first-order valence-electron chi connectivity index (χ1n) is 7.42. The van der Waals surface area contributed by atoms with E-state index in [1.165, 1.54) is 32.1 Å². The molecule has 2 rings (SSSR count). The average molecular weight is 267 g/mol. The van der Waals surface area contributed by atoms with E-state index < -0.39 is 0 Å². The Bertz CT molecular complexity index is 373. The van der Waals surface area contributed by atoms with Crippen LogP contribution in [-0.2, 0) is 13.0 Å². The molecule has 0 spiro atoms. The predicted octanol–water partition coefficient (Wildman–Crippen LogP) is 2.15. The fourth-order valence-corrected chi connectivity index (χ4v) is 2.80. The molecule has 1 N–H and O–H groups in total. The van der Waals surface area contributed by atoms with Gasteiger partial charge in [0.1, 0.15) is 0 Å². The van der Waals surface area contributed by atoms with E-state index >= 15 is 0 Å². The number of aliphatic hydroxyl groups excluding tert-OH is 1. The molecule has 19 heavy (non-hydrogen) atoms. The van der Waals surface area contributed by atoms with Crippen LogP contribution in [0.1, 0.15) is 57.7 Å². The van der Waals surface area contributed by atoms with Gasteiger partial charge in [-0.05, 0) is 19.8 Å². The van der Waals surface area contributed by atoms with E-state index in [2.05, 4.69) is 15.1 Å². The van der Waals surface area contributed by atoms with E-state index in [1.54, 1.807) is 0 Å². The molecule has 0 bridgehead atoms. The van der Waals surface area contributed by atoms with Gasteiger partial charge < -0.3 is 9.52 Å². The molecule has 5 heteroatoms. The van der Waals surface area contributed by atoms with Crippen LogP contribution in [0, 0.1) is 0 Å². The van der Waals surface area contributed by atoms with Crippen molar-refractivity contribution in [2.24, 2.45) is 0 Å². The molecule has 1 fully saturated rings. The second-order valence-corrected chi connectivity index (χ2v) is 5.51. The number of aliphatic hydroxyl groups is 1. The molecule has 0 saturated heterocycles. The van der Waals surface area contributed by atoms with Gasteiger partial charge in [0, 0.05) is 19.0 Å². The SMILES string of the molecule is CCc1nnc(CN(CC(C)O)C2CCCCC2)o1. The number of hydrogen-bond acceptors (Lipinski definition) is 5. The molecule has 5 nitrogen and oxygen atoms in total. The van der Waals surface area contributed by atoms with Crippen LogP contribution in [0.5, 0.6) is 0 Å². The Labute approximate surface area is 115 Å². The van der Waals surface area contributed by atoms with Gasteiger partial charge in [0.05, 0.1) is 12.6 Å². The van der Waals surface area contributed by atoms with Crippen molar-refractivity contribution in [2.45, 2.75) is 71.1 Å². The molecule has 0 amide bonds. The summed E-state index contributed by atoms with van der Waals surface area (Å²) in [5.41, 5.74) is 0. The Morgan fingerprint density at radius 3 is 2.53 bits per heavy atom. The number of aryl methyl sites for hydroxylation is 1. The molecule has 1 saturated carbocycles. The first kappa shape index (κ1) is 14.5. The molecule has 1 aliphatic rings. The first-order valence-corrected chi connectivity index (χ1v) is 7.42. The quantitative estimate of drug-likeness (QED) is 0.855. The molecule has 0 aliphatic heterocycles. The normalized spacial score (nSPS) is 18.9. The maximum absolute atomic E-state index is 9.67. The summed E-state index contributed by atoms with van der Waals surface area (Å²) < 4.78 is 5.59. The zero-order valence-corrected chi connectivity index (χ0v) is 12.0. The van der Waals surface area contributed by atoms with E-state index in [1.807, 2.05) is 13.8 Å². The summed E-state index contributed by atoms with van der Waals surface area (Å²) in [6, 6.07) is 0.542. The van der Waals surface area contributed by atoms with Gasteiger partial charge in [0.15, 0.2) is 0 Å². The third kappa shape index (κ3) is 4.28. The Balaban J connectivity index is 1.99. The molecular weight excluding hydrogens is 242 g/mol. The van der Waals surface area contributed by atoms with Gasteiger partial charge in [0.25, 0.3) is 0 Å². The van der Waals surface area contributed by atoms with E-state index in [0.717, 1.165) is 6.42 Å². The van der Waals surface area contributed by atoms with E-state index in [9.17, 15) is 5.11 Å².